The third-order valence-electron chi connectivity index (χ3n) is 4.70. The van der Waals surface area contributed by atoms with E-state index in [0.717, 1.165) is 5.69 Å². The summed E-state index contributed by atoms with van der Waals surface area (Å²) in [5, 5.41) is 7.20. The first kappa shape index (κ1) is 18.6. The normalized spacial score (nSPS) is 14.8. The summed E-state index contributed by atoms with van der Waals surface area (Å²) in [5.41, 5.74) is 6.35. The molecule has 0 saturated carbocycles. The molecule has 0 aliphatic carbocycles. The van der Waals surface area contributed by atoms with Gasteiger partial charge in [-0.2, -0.15) is 5.10 Å². The third kappa shape index (κ3) is 4.16. The molecule has 1 aromatic carbocycles. The summed E-state index contributed by atoms with van der Waals surface area (Å²) >= 11 is 0. The van der Waals surface area contributed by atoms with Crippen molar-refractivity contribution in [3.05, 3.63) is 42.1 Å². The van der Waals surface area contributed by atoms with E-state index in [0.29, 0.717) is 38.2 Å². The Balaban J connectivity index is 1.84. The van der Waals surface area contributed by atoms with Crippen LogP contribution < -0.4 is 11.1 Å². The molecule has 1 aliphatic rings. The molecule has 3 amide bonds. The largest absolute Gasteiger partial charge is 0.369 e. The molecule has 0 atom stereocenters. The van der Waals surface area contributed by atoms with E-state index in [9.17, 15) is 14.4 Å². The highest BCUT2D eigenvalue weighted by Crippen LogP contribution is 2.22. The molecule has 0 bridgehead atoms. The van der Waals surface area contributed by atoms with Gasteiger partial charge in [0, 0.05) is 31.5 Å². The Bertz CT molecular complexity index is 838. The van der Waals surface area contributed by atoms with Crippen LogP contribution in [0.15, 0.2) is 36.4 Å². The van der Waals surface area contributed by atoms with Gasteiger partial charge in [0.2, 0.25) is 11.8 Å². The number of anilines is 1. The Morgan fingerprint density at radius 2 is 1.85 bits per heavy atom. The van der Waals surface area contributed by atoms with Crippen molar-refractivity contribution in [3.63, 3.8) is 0 Å². The van der Waals surface area contributed by atoms with Crippen molar-refractivity contribution >= 4 is 23.5 Å². The molecule has 0 radical (unpaired) electrons. The summed E-state index contributed by atoms with van der Waals surface area (Å²) in [6.45, 7) is 2.68. The van der Waals surface area contributed by atoms with Crippen molar-refractivity contribution < 1.29 is 14.4 Å². The third-order valence-corrected chi connectivity index (χ3v) is 4.70. The number of hydrogen-bond donors (Lipinski definition) is 2. The number of aromatic nitrogens is 2. The van der Waals surface area contributed by atoms with Crippen LogP contribution in [0.5, 0.6) is 0 Å². The molecule has 3 rings (SSSR count). The molecule has 0 spiro atoms. The quantitative estimate of drug-likeness (QED) is 0.833. The van der Waals surface area contributed by atoms with Crippen molar-refractivity contribution in [1.82, 2.24) is 14.7 Å². The van der Waals surface area contributed by atoms with Crippen LogP contribution in [0.25, 0.3) is 5.69 Å². The lowest BCUT2D eigenvalue weighted by molar-refractivity contribution is -0.123. The second-order valence-corrected chi connectivity index (χ2v) is 6.53. The first-order valence-electron chi connectivity index (χ1n) is 9.03. The van der Waals surface area contributed by atoms with Crippen LogP contribution in [0.1, 0.15) is 36.7 Å². The molecule has 0 unspecified atom stereocenters. The number of benzene rings is 1. The van der Waals surface area contributed by atoms with Crippen LogP contribution in [0.2, 0.25) is 0 Å². The van der Waals surface area contributed by atoms with E-state index in [1.54, 1.807) is 22.6 Å². The van der Waals surface area contributed by atoms with Crippen LogP contribution in [-0.2, 0) is 9.59 Å². The lowest BCUT2D eigenvalue weighted by Crippen LogP contribution is -2.41. The number of primary amides is 1. The maximum Gasteiger partial charge on any atom is 0.274 e. The Kier molecular flexibility index (Phi) is 5.54. The number of carbonyl (C=O) groups is 3. The number of para-hydroxylation sites is 1. The number of amides is 3. The Hall–Kier alpha value is -3.16. The fourth-order valence-corrected chi connectivity index (χ4v) is 3.10. The molecule has 1 saturated heterocycles. The van der Waals surface area contributed by atoms with Crippen molar-refractivity contribution in [2.45, 2.75) is 26.2 Å². The second-order valence-electron chi connectivity index (χ2n) is 6.53. The molecule has 2 heterocycles. The molecule has 27 heavy (non-hydrogen) atoms. The summed E-state index contributed by atoms with van der Waals surface area (Å²) in [4.78, 5) is 37.7. The van der Waals surface area contributed by atoms with E-state index < -0.39 is 0 Å². The van der Waals surface area contributed by atoms with Crippen LogP contribution in [-0.4, -0.2) is 45.5 Å². The lowest BCUT2D eigenvalue weighted by Gasteiger charge is -2.29. The highest BCUT2D eigenvalue weighted by molar-refractivity contribution is 5.96. The number of nitrogens with zero attached hydrogens (tertiary/aromatic N) is 3. The predicted octanol–water partition coefficient (Wildman–Crippen LogP) is 1.56. The van der Waals surface area contributed by atoms with Crippen molar-refractivity contribution in [1.29, 1.82) is 0 Å². The topological polar surface area (TPSA) is 110 Å². The zero-order valence-electron chi connectivity index (χ0n) is 15.2. The number of likely N-dealkylation sites (tertiary alicyclic amines) is 1. The van der Waals surface area contributed by atoms with E-state index in [1.807, 2.05) is 30.3 Å². The fraction of sp³-hybridized carbons (Fsp3) is 0.368. The summed E-state index contributed by atoms with van der Waals surface area (Å²) in [6.07, 6.45) is 1.43. The van der Waals surface area contributed by atoms with Crippen LogP contribution in [0.3, 0.4) is 0 Å². The number of rotatable bonds is 5. The maximum atomic E-state index is 12.8. The van der Waals surface area contributed by atoms with Gasteiger partial charge in [0.15, 0.2) is 5.69 Å². The predicted molar refractivity (Wildman–Crippen MR) is 100 cm³/mol. The zero-order valence-corrected chi connectivity index (χ0v) is 15.2. The Morgan fingerprint density at radius 1 is 1.19 bits per heavy atom. The van der Waals surface area contributed by atoms with Gasteiger partial charge >= 0.3 is 0 Å². The minimum absolute atomic E-state index is 0.159. The minimum Gasteiger partial charge on any atom is -0.369 e. The van der Waals surface area contributed by atoms with Gasteiger partial charge in [-0.25, -0.2) is 4.68 Å². The molecule has 3 N–H and O–H groups in total. The smallest absolute Gasteiger partial charge is 0.274 e. The first-order chi connectivity index (χ1) is 13.0. The van der Waals surface area contributed by atoms with Gasteiger partial charge in [0.25, 0.3) is 5.91 Å². The zero-order chi connectivity index (χ0) is 19.4. The van der Waals surface area contributed by atoms with Gasteiger partial charge in [-0.3, -0.25) is 14.4 Å². The lowest BCUT2D eigenvalue weighted by atomic mass is 9.96. The number of carbonyl (C=O) groups excluding carboxylic acids is 3. The van der Waals surface area contributed by atoms with E-state index in [1.165, 1.54) is 0 Å². The molecule has 1 aromatic heterocycles. The monoisotopic (exact) mass is 369 g/mol. The molecular weight excluding hydrogens is 346 g/mol. The minimum atomic E-state index is -0.319. The van der Waals surface area contributed by atoms with Crippen molar-refractivity contribution in [3.8, 4) is 5.69 Å². The summed E-state index contributed by atoms with van der Waals surface area (Å²) in [7, 11) is 0. The van der Waals surface area contributed by atoms with E-state index in [2.05, 4.69) is 10.4 Å². The van der Waals surface area contributed by atoms with Crippen LogP contribution in [0.4, 0.5) is 5.82 Å². The van der Waals surface area contributed by atoms with Crippen molar-refractivity contribution in [2.75, 3.05) is 18.4 Å². The number of piperidine rings is 1. The summed E-state index contributed by atoms with van der Waals surface area (Å²) < 4.78 is 1.55. The number of hydrogen-bond acceptors (Lipinski definition) is 4. The van der Waals surface area contributed by atoms with Crippen LogP contribution >= 0.6 is 0 Å². The van der Waals surface area contributed by atoms with Gasteiger partial charge in [-0.05, 0) is 25.0 Å². The van der Waals surface area contributed by atoms with Gasteiger partial charge in [0.05, 0.1) is 5.69 Å². The van der Waals surface area contributed by atoms with Gasteiger partial charge < -0.3 is 16.0 Å². The fourth-order valence-electron chi connectivity index (χ4n) is 3.10. The Morgan fingerprint density at radius 3 is 2.44 bits per heavy atom. The average molecular weight is 369 g/mol. The van der Waals surface area contributed by atoms with Crippen LogP contribution in [0, 0.1) is 5.92 Å². The Labute approximate surface area is 157 Å². The molecule has 2 aromatic rings. The van der Waals surface area contributed by atoms with E-state index >= 15 is 0 Å². The number of nitrogens with two attached hydrogens (primary N) is 1. The van der Waals surface area contributed by atoms with Gasteiger partial charge in [-0.15, -0.1) is 0 Å². The standard InChI is InChI=1S/C19H23N5O3/c1-2-17(25)21-16-12-15(22-24(16)14-6-4-3-5-7-14)19(27)23-10-8-13(9-11-23)18(20)26/h3-7,12-13H,2,8-11H2,1H3,(H2,20,26)(H,21,25). The number of nitrogens with one attached hydrogen (secondary N) is 1. The van der Waals surface area contributed by atoms with Crippen molar-refractivity contribution in [2.24, 2.45) is 11.7 Å². The maximum absolute atomic E-state index is 12.8. The molecule has 8 nitrogen and oxygen atoms in total. The molecule has 142 valence electrons. The van der Waals surface area contributed by atoms with Gasteiger partial charge in [0.1, 0.15) is 5.82 Å². The highest BCUT2D eigenvalue weighted by Gasteiger charge is 2.28. The first-order valence-corrected chi connectivity index (χ1v) is 9.03. The van der Waals surface area contributed by atoms with E-state index in [-0.39, 0.29) is 29.3 Å². The molecule has 1 aliphatic heterocycles. The second kappa shape index (κ2) is 8.03. The summed E-state index contributed by atoms with van der Waals surface area (Å²) in [6, 6.07) is 10.9. The SMILES string of the molecule is CCC(=O)Nc1cc(C(=O)N2CCC(C(N)=O)CC2)nn1-c1ccccc1. The summed E-state index contributed by atoms with van der Waals surface area (Å²) in [5.74, 6) is -0.438. The molecular formula is C19H23N5O3. The molecule has 1 fully saturated rings. The van der Waals surface area contributed by atoms with Gasteiger partial charge in [-0.1, -0.05) is 25.1 Å². The average Bonchev–Trinajstić information content (AvgIpc) is 3.11. The highest BCUT2D eigenvalue weighted by atomic mass is 16.2. The molecule has 8 heteroatoms. The van der Waals surface area contributed by atoms with E-state index in [4.69, 9.17) is 5.73 Å².